The minimum absolute atomic E-state index is 0.171. The maximum absolute atomic E-state index is 13.7. The number of nitro benzene ring substituents is 2. The monoisotopic (exact) mass is 366 g/mol. The molecule has 0 spiro atoms. The summed E-state index contributed by atoms with van der Waals surface area (Å²) in [5.74, 6) is -1.41. The van der Waals surface area contributed by atoms with Crippen molar-refractivity contribution in [2.24, 2.45) is 0 Å². The third-order valence-electron chi connectivity index (χ3n) is 3.56. The number of nitrogens with zero attached hydrogens (tertiary/aromatic N) is 2. The van der Waals surface area contributed by atoms with Crippen LogP contribution in [0.15, 0.2) is 36.4 Å². The molecule has 2 aromatic carbocycles. The lowest BCUT2D eigenvalue weighted by Crippen LogP contribution is -2.08. The van der Waals surface area contributed by atoms with E-state index in [2.05, 4.69) is 10.6 Å². The Hall–Kier alpha value is -3.30. The van der Waals surface area contributed by atoms with Crippen molar-refractivity contribution in [3.05, 3.63) is 68.3 Å². The van der Waals surface area contributed by atoms with Gasteiger partial charge in [-0.3, -0.25) is 20.2 Å². The van der Waals surface area contributed by atoms with E-state index in [0.29, 0.717) is 25.9 Å². The Labute approximate surface area is 147 Å². The number of anilines is 2. The minimum atomic E-state index is -0.703. The first-order valence-corrected chi connectivity index (χ1v) is 7.74. The largest absolute Gasteiger partial charge is 0.383 e. The second-order valence-corrected chi connectivity index (χ2v) is 5.40. The Balaban J connectivity index is 1.73. The van der Waals surface area contributed by atoms with Crippen LogP contribution in [0.3, 0.4) is 0 Å². The molecular weight excluding hydrogens is 350 g/mol. The van der Waals surface area contributed by atoms with E-state index >= 15 is 0 Å². The van der Waals surface area contributed by atoms with Crippen molar-refractivity contribution in [2.45, 2.75) is 12.8 Å². The van der Waals surface area contributed by atoms with Crippen LogP contribution in [-0.4, -0.2) is 22.9 Å². The quantitative estimate of drug-likeness (QED) is 0.393. The Morgan fingerprint density at radius 3 is 1.46 bits per heavy atom. The lowest BCUT2D eigenvalue weighted by atomic mass is 10.2. The highest BCUT2D eigenvalue weighted by atomic mass is 19.1. The average Bonchev–Trinajstić information content (AvgIpc) is 2.59. The van der Waals surface area contributed by atoms with E-state index < -0.39 is 21.5 Å². The van der Waals surface area contributed by atoms with Gasteiger partial charge in [-0.25, -0.2) is 8.78 Å². The summed E-state index contributed by atoms with van der Waals surface area (Å²) >= 11 is 0. The van der Waals surface area contributed by atoms with Gasteiger partial charge in [0, 0.05) is 25.2 Å². The van der Waals surface area contributed by atoms with Gasteiger partial charge in [0.15, 0.2) is 11.6 Å². The van der Waals surface area contributed by atoms with Gasteiger partial charge in [0.1, 0.15) is 0 Å². The molecule has 2 N–H and O–H groups in total. The van der Waals surface area contributed by atoms with Crippen molar-refractivity contribution in [1.29, 1.82) is 0 Å². The number of hydrogen-bond donors (Lipinski definition) is 2. The van der Waals surface area contributed by atoms with Gasteiger partial charge in [0.2, 0.25) is 0 Å². The van der Waals surface area contributed by atoms with Crippen LogP contribution in [0.2, 0.25) is 0 Å². The van der Waals surface area contributed by atoms with E-state index in [1.165, 1.54) is 24.3 Å². The van der Waals surface area contributed by atoms with Crippen molar-refractivity contribution < 1.29 is 18.6 Å². The van der Waals surface area contributed by atoms with E-state index in [1.807, 2.05) is 0 Å². The first-order valence-electron chi connectivity index (χ1n) is 7.74. The van der Waals surface area contributed by atoms with E-state index in [4.69, 9.17) is 0 Å². The van der Waals surface area contributed by atoms with Crippen molar-refractivity contribution in [2.75, 3.05) is 23.7 Å². The molecule has 0 saturated heterocycles. The minimum Gasteiger partial charge on any atom is -0.383 e. The van der Waals surface area contributed by atoms with Crippen molar-refractivity contribution >= 4 is 22.7 Å². The van der Waals surface area contributed by atoms with Crippen LogP contribution in [0.5, 0.6) is 0 Å². The molecule has 0 aliphatic rings. The number of nitro groups is 2. The predicted molar refractivity (Wildman–Crippen MR) is 92.3 cm³/mol. The average molecular weight is 366 g/mol. The molecule has 26 heavy (non-hydrogen) atoms. The molecule has 0 aliphatic carbocycles. The highest BCUT2D eigenvalue weighted by molar-refractivity contribution is 5.51. The SMILES string of the molecule is O=[N+]([O-])c1ccc(NCCCCNc2ccc([N+](=O)[O-])cc2F)c(F)c1. The molecular formula is C16H16F2N4O4. The van der Waals surface area contributed by atoms with Crippen LogP contribution in [0.25, 0.3) is 0 Å². The third kappa shape index (κ3) is 5.10. The van der Waals surface area contributed by atoms with E-state index in [0.717, 1.165) is 12.1 Å². The van der Waals surface area contributed by atoms with E-state index in [1.54, 1.807) is 0 Å². The first-order chi connectivity index (χ1) is 12.4. The van der Waals surface area contributed by atoms with E-state index in [9.17, 15) is 29.0 Å². The Bertz CT molecular complexity index is 749. The second-order valence-electron chi connectivity index (χ2n) is 5.40. The van der Waals surface area contributed by atoms with E-state index in [-0.39, 0.29) is 22.7 Å². The number of rotatable bonds is 9. The highest BCUT2D eigenvalue weighted by Gasteiger charge is 2.11. The van der Waals surface area contributed by atoms with Gasteiger partial charge in [-0.2, -0.15) is 0 Å². The van der Waals surface area contributed by atoms with Crippen LogP contribution in [0.4, 0.5) is 31.5 Å². The summed E-state index contributed by atoms with van der Waals surface area (Å²) in [5, 5.41) is 26.8. The number of non-ortho nitro benzene ring substituents is 2. The summed E-state index contributed by atoms with van der Waals surface area (Å²) in [5.41, 5.74) is -0.292. The lowest BCUT2D eigenvalue weighted by Gasteiger charge is -2.09. The maximum Gasteiger partial charge on any atom is 0.272 e. The summed E-state index contributed by atoms with van der Waals surface area (Å²) in [6.07, 6.45) is 1.27. The van der Waals surface area contributed by atoms with Crippen molar-refractivity contribution in [3.63, 3.8) is 0 Å². The lowest BCUT2D eigenvalue weighted by molar-refractivity contribution is -0.385. The zero-order chi connectivity index (χ0) is 19.1. The number of nitrogens with one attached hydrogen (secondary N) is 2. The summed E-state index contributed by atoms with van der Waals surface area (Å²) in [4.78, 5) is 19.7. The smallest absolute Gasteiger partial charge is 0.272 e. The fraction of sp³-hybridized carbons (Fsp3) is 0.250. The standard InChI is InChI=1S/C16H16F2N4O4/c17-13-9-11(21(23)24)3-5-15(13)19-7-1-2-8-20-16-6-4-12(22(25)26)10-14(16)18/h3-6,9-10,19-20H,1-2,7-8H2. The molecule has 0 unspecified atom stereocenters. The number of hydrogen-bond acceptors (Lipinski definition) is 6. The van der Waals surface area contributed by atoms with Gasteiger partial charge in [-0.15, -0.1) is 0 Å². The molecule has 0 fully saturated rings. The van der Waals surface area contributed by atoms with Gasteiger partial charge in [-0.1, -0.05) is 0 Å². The molecule has 0 aliphatic heterocycles. The number of benzene rings is 2. The Morgan fingerprint density at radius 2 is 1.15 bits per heavy atom. The molecule has 0 atom stereocenters. The Morgan fingerprint density at radius 1 is 0.769 bits per heavy atom. The summed E-state index contributed by atoms with van der Waals surface area (Å²) in [6, 6.07) is 6.73. The van der Waals surface area contributed by atoms with Gasteiger partial charge >= 0.3 is 0 Å². The molecule has 8 nitrogen and oxygen atoms in total. The van der Waals surface area contributed by atoms with Gasteiger partial charge in [0.05, 0.1) is 33.4 Å². The molecule has 0 saturated carbocycles. The summed E-state index contributed by atoms with van der Waals surface area (Å²) in [7, 11) is 0. The number of halogens is 2. The molecule has 10 heteroatoms. The molecule has 138 valence electrons. The zero-order valence-electron chi connectivity index (χ0n) is 13.6. The third-order valence-corrected chi connectivity index (χ3v) is 3.56. The fourth-order valence-corrected chi connectivity index (χ4v) is 2.22. The Kier molecular flexibility index (Phi) is 6.36. The summed E-state index contributed by atoms with van der Waals surface area (Å²) < 4.78 is 27.3. The zero-order valence-corrected chi connectivity index (χ0v) is 13.6. The van der Waals surface area contributed by atoms with Crippen LogP contribution in [0, 0.1) is 31.9 Å². The maximum atomic E-state index is 13.7. The molecule has 2 aromatic rings. The normalized spacial score (nSPS) is 10.4. The molecule has 0 aromatic heterocycles. The van der Waals surface area contributed by atoms with Crippen LogP contribution in [0.1, 0.15) is 12.8 Å². The van der Waals surface area contributed by atoms with Crippen molar-refractivity contribution in [3.8, 4) is 0 Å². The van der Waals surface area contributed by atoms with Crippen LogP contribution < -0.4 is 10.6 Å². The fourth-order valence-electron chi connectivity index (χ4n) is 2.22. The van der Waals surface area contributed by atoms with Crippen LogP contribution in [-0.2, 0) is 0 Å². The van der Waals surface area contributed by atoms with Gasteiger partial charge < -0.3 is 10.6 Å². The summed E-state index contributed by atoms with van der Waals surface area (Å²) in [6.45, 7) is 0.859. The van der Waals surface area contributed by atoms with Gasteiger partial charge in [0.25, 0.3) is 11.4 Å². The molecule has 0 bridgehead atoms. The molecule has 0 radical (unpaired) electrons. The van der Waals surface area contributed by atoms with Crippen molar-refractivity contribution in [1.82, 2.24) is 0 Å². The predicted octanol–water partition coefficient (Wildman–Crippen LogP) is 4.09. The first kappa shape index (κ1) is 19.0. The molecule has 2 rings (SSSR count). The molecule has 0 amide bonds. The highest BCUT2D eigenvalue weighted by Crippen LogP contribution is 2.21. The second kappa shape index (κ2) is 8.70. The molecule has 0 heterocycles. The number of unbranched alkanes of at least 4 members (excludes halogenated alkanes) is 1. The topological polar surface area (TPSA) is 110 Å². The van der Waals surface area contributed by atoms with Crippen LogP contribution >= 0.6 is 0 Å². The van der Waals surface area contributed by atoms with Gasteiger partial charge in [-0.05, 0) is 25.0 Å².